The number of halogens is 1. The average molecular weight is 286 g/mol. The topological polar surface area (TPSA) is 64.6 Å². The van der Waals surface area contributed by atoms with E-state index in [1.807, 2.05) is 0 Å². The van der Waals surface area contributed by atoms with Gasteiger partial charge >= 0.3 is 0 Å². The van der Waals surface area contributed by atoms with Crippen LogP contribution in [0.5, 0.6) is 11.5 Å². The van der Waals surface area contributed by atoms with Crippen molar-refractivity contribution in [3.05, 3.63) is 17.7 Å². The number of carbonyl (C=O) groups excluding carboxylic acids is 2. The largest absolute Gasteiger partial charge is 0.493 e. The first-order valence-corrected chi connectivity index (χ1v) is 6.06. The second-order valence-electron chi connectivity index (χ2n) is 3.91. The molecular formula is C13H16ClNO4. The number of anilines is 1. The van der Waals surface area contributed by atoms with E-state index in [1.54, 1.807) is 6.92 Å². The molecule has 0 aromatic heterocycles. The van der Waals surface area contributed by atoms with Gasteiger partial charge in [0.25, 0.3) is 0 Å². The maximum Gasteiger partial charge on any atom is 0.242 e. The van der Waals surface area contributed by atoms with Gasteiger partial charge in [0.05, 0.1) is 19.9 Å². The molecule has 1 rings (SSSR count). The summed E-state index contributed by atoms with van der Waals surface area (Å²) in [5.74, 6) is 0.254. The fraction of sp³-hybridized carbons (Fsp3) is 0.385. The molecule has 5 nitrogen and oxygen atoms in total. The number of hydrogen-bond donors (Lipinski definition) is 1. The number of Topliss-reactive ketones (excluding diaryl/α,β-unsaturated/α-hetero) is 1. The molecule has 0 aliphatic rings. The van der Waals surface area contributed by atoms with Crippen molar-refractivity contribution in [2.45, 2.75) is 19.2 Å². The van der Waals surface area contributed by atoms with Gasteiger partial charge in [0.1, 0.15) is 5.38 Å². The summed E-state index contributed by atoms with van der Waals surface area (Å²) >= 11 is 5.69. The number of hydrogen-bond acceptors (Lipinski definition) is 4. The summed E-state index contributed by atoms with van der Waals surface area (Å²) in [6, 6.07) is 3.06. The first-order valence-electron chi connectivity index (χ1n) is 5.62. The van der Waals surface area contributed by atoms with E-state index < -0.39 is 11.3 Å². The minimum absolute atomic E-state index is 0.196. The van der Waals surface area contributed by atoms with Gasteiger partial charge in [0, 0.05) is 11.6 Å². The Bertz CT molecular complexity index is 500. The molecule has 1 N–H and O–H groups in total. The number of nitrogens with one attached hydrogen (secondary N) is 1. The molecule has 1 atom stereocenters. The Morgan fingerprint density at radius 3 is 2.16 bits per heavy atom. The van der Waals surface area contributed by atoms with Crippen LogP contribution in [0.3, 0.4) is 0 Å². The van der Waals surface area contributed by atoms with Gasteiger partial charge in [0.2, 0.25) is 5.91 Å². The Morgan fingerprint density at radius 1 is 1.21 bits per heavy atom. The smallest absolute Gasteiger partial charge is 0.242 e. The van der Waals surface area contributed by atoms with Crippen molar-refractivity contribution in [3.8, 4) is 11.5 Å². The van der Waals surface area contributed by atoms with Crippen molar-refractivity contribution in [2.24, 2.45) is 0 Å². The number of carbonyl (C=O) groups is 2. The van der Waals surface area contributed by atoms with Gasteiger partial charge in [-0.15, -0.1) is 11.6 Å². The Hall–Kier alpha value is -1.75. The predicted octanol–water partition coefficient (Wildman–Crippen LogP) is 2.47. The highest BCUT2D eigenvalue weighted by molar-refractivity contribution is 6.32. The van der Waals surface area contributed by atoms with Crippen molar-refractivity contribution < 1.29 is 19.1 Å². The van der Waals surface area contributed by atoms with Crippen molar-refractivity contribution in [2.75, 3.05) is 19.5 Å². The monoisotopic (exact) mass is 285 g/mol. The highest BCUT2D eigenvalue weighted by Crippen LogP contribution is 2.33. The van der Waals surface area contributed by atoms with Gasteiger partial charge in [-0.1, -0.05) is 0 Å². The third-order valence-electron chi connectivity index (χ3n) is 2.52. The summed E-state index contributed by atoms with van der Waals surface area (Å²) in [6.07, 6.45) is 0. The maximum atomic E-state index is 11.6. The summed E-state index contributed by atoms with van der Waals surface area (Å²) in [4.78, 5) is 23.2. The molecule has 0 saturated heterocycles. The van der Waals surface area contributed by atoms with E-state index in [0.29, 0.717) is 22.7 Å². The van der Waals surface area contributed by atoms with Gasteiger partial charge in [0.15, 0.2) is 17.3 Å². The van der Waals surface area contributed by atoms with E-state index in [4.69, 9.17) is 21.1 Å². The van der Waals surface area contributed by atoms with Gasteiger partial charge < -0.3 is 14.8 Å². The van der Waals surface area contributed by atoms with Crippen LogP contribution < -0.4 is 14.8 Å². The van der Waals surface area contributed by atoms with Gasteiger partial charge in [-0.2, -0.15) is 0 Å². The number of rotatable bonds is 5. The van der Waals surface area contributed by atoms with E-state index in [-0.39, 0.29) is 5.78 Å². The van der Waals surface area contributed by atoms with Crippen LogP contribution >= 0.6 is 11.6 Å². The average Bonchev–Trinajstić information content (AvgIpc) is 2.37. The van der Waals surface area contributed by atoms with Crippen LogP contribution in [-0.4, -0.2) is 31.3 Å². The zero-order chi connectivity index (χ0) is 14.6. The zero-order valence-electron chi connectivity index (χ0n) is 11.2. The Kier molecular flexibility index (Phi) is 5.18. The molecule has 0 aliphatic heterocycles. The summed E-state index contributed by atoms with van der Waals surface area (Å²) in [5, 5.41) is 1.89. The van der Waals surface area contributed by atoms with Crippen LogP contribution in [-0.2, 0) is 4.79 Å². The number of ether oxygens (including phenoxy) is 2. The van der Waals surface area contributed by atoms with E-state index in [1.165, 1.54) is 33.3 Å². The number of benzene rings is 1. The second-order valence-corrected chi connectivity index (χ2v) is 4.57. The van der Waals surface area contributed by atoms with Crippen LogP contribution in [0.1, 0.15) is 24.2 Å². The number of methoxy groups -OCH3 is 2. The minimum atomic E-state index is -0.701. The van der Waals surface area contributed by atoms with E-state index >= 15 is 0 Å². The second kappa shape index (κ2) is 6.43. The van der Waals surface area contributed by atoms with Crippen molar-refractivity contribution >= 4 is 29.0 Å². The van der Waals surface area contributed by atoms with Crippen LogP contribution in [0.25, 0.3) is 0 Å². The van der Waals surface area contributed by atoms with Gasteiger partial charge in [-0.25, -0.2) is 0 Å². The van der Waals surface area contributed by atoms with Crippen molar-refractivity contribution in [1.82, 2.24) is 0 Å². The normalized spacial score (nSPS) is 11.6. The number of ketones is 1. The summed E-state index contributed by atoms with van der Waals surface area (Å²) in [5.41, 5.74) is 0.686. The van der Waals surface area contributed by atoms with Crippen LogP contribution in [0.15, 0.2) is 12.1 Å². The molecule has 6 heteroatoms. The molecule has 19 heavy (non-hydrogen) atoms. The van der Waals surface area contributed by atoms with Gasteiger partial charge in [-0.05, 0) is 19.9 Å². The summed E-state index contributed by atoms with van der Waals surface area (Å²) in [6.45, 7) is 2.95. The molecule has 0 saturated carbocycles. The number of amides is 1. The lowest BCUT2D eigenvalue weighted by Crippen LogP contribution is -2.21. The molecule has 0 bridgehead atoms. The van der Waals surface area contributed by atoms with Crippen molar-refractivity contribution in [3.63, 3.8) is 0 Å². The molecule has 0 spiro atoms. The Morgan fingerprint density at radius 2 is 1.74 bits per heavy atom. The Labute approximate surface area is 116 Å². The molecular weight excluding hydrogens is 270 g/mol. The quantitative estimate of drug-likeness (QED) is 0.667. The first-order chi connectivity index (χ1) is 8.90. The van der Waals surface area contributed by atoms with E-state index in [9.17, 15) is 9.59 Å². The molecule has 1 aromatic carbocycles. The fourth-order valence-electron chi connectivity index (χ4n) is 1.51. The molecule has 0 radical (unpaired) electrons. The number of alkyl halides is 1. The highest BCUT2D eigenvalue weighted by atomic mass is 35.5. The van der Waals surface area contributed by atoms with E-state index in [2.05, 4.69) is 5.32 Å². The van der Waals surface area contributed by atoms with E-state index in [0.717, 1.165) is 0 Å². The SMILES string of the molecule is COc1cc(NC(=O)[C@@H](C)Cl)c(C(C)=O)cc1OC. The highest BCUT2D eigenvalue weighted by Gasteiger charge is 2.17. The predicted molar refractivity (Wildman–Crippen MR) is 73.5 cm³/mol. The van der Waals surface area contributed by atoms with Crippen LogP contribution in [0, 0.1) is 0 Å². The van der Waals surface area contributed by atoms with Crippen molar-refractivity contribution in [1.29, 1.82) is 0 Å². The third-order valence-corrected chi connectivity index (χ3v) is 2.72. The van der Waals surface area contributed by atoms with Crippen LogP contribution in [0.4, 0.5) is 5.69 Å². The maximum absolute atomic E-state index is 11.6. The minimum Gasteiger partial charge on any atom is -0.493 e. The molecule has 0 fully saturated rings. The summed E-state index contributed by atoms with van der Waals surface area (Å²) < 4.78 is 10.3. The zero-order valence-corrected chi connectivity index (χ0v) is 12.0. The third kappa shape index (κ3) is 3.61. The molecule has 0 heterocycles. The first kappa shape index (κ1) is 15.3. The fourth-order valence-corrected chi connectivity index (χ4v) is 1.56. The molecule has 1 aromatic rings. The standard InChI is InChI=1S/C13H16ClNO4/c1-7(14)13(17)15-10-6-12(19-4)11(18-3)5-9(10)8(2)16/h5-7H,1-4H3,(H,15,17)/t7-/m1/s1. The molecule has 104 valence electrons. The van der Waals surface area contributed by atoms with Crippen LogP contribution in [0.2, 0.25) is 0 Å². The lowest BCUT2D eigenvalue weighted by molar-refractivity contribution is -0.115. The lowest BCUT2D eigenvalue weighted by atomic mass is 10.1. The molecule has 1 amide bonds. The summed E-state index contributed by atoms with van der Waals surface area (Å²) in [7, 11) is 2.95. The van der Waals surface area contributed by atoms with Gasteiger partial charge in [-0.3, -0.25) is 9.59 Å². The Balaban J connectivity index is 3.27. The lowest BCUT2D eigenvalue weighted by Gasteiger charge is -2.14. The molecule has 0 unspecified atom stereocenters. The molecule has 0 aliphatic carbocycles.